The standard InChI is InChI=1S/C20H26N2O3/c1-12(2)21-18(24)15-10-13-8-9-19(15,3)11-20(13)22-17(23)14-6-4-5-7-16(14)25-20/h4-7,12-13,15H,8-11H2,1-3H3,(H,21,24)(H,22,23)/t13-,15-,19+,20-/m0/s1. The predicted molar refractivity (Wildman–Crippen MR) is 94.1 cm³/mol. The number of amides is 2. The molecule has 4 atom stereocenters. The Hall–Kier alpha value is -2.04. The van der Waals surface area contributed by atoms with Crippen LogP contribution in [-0.4, -0.2) is 23.6 Å². The first-order valence-electron chi connectivity index (χ1n) is 9.24. The first-order valence-corrected chi connectivity index (χ1v) is 9.24. The molecule has 5 nitrogen and oxygen atoms in total. The second-order valence-corrected chi connectivity index (χ2v) is 8.46. The van der Waals surface area contributed by atoms with E-state index in [1.165, 1.54) is 0 Å². The van der Waals surface area contributed by atoms with E-state index in [-0.39, 0.29) is 35.1 Å². The molecule has 2 bridgehead atoms. The Morgan fingerprint density at radius 1 is 1.36 bits per heavy atom. The maximum absolute atomic E-state index is 12.7. The van der Waals surface area contributed by atoms with Gasteiger partial charge in [0.2, 0.25) is 5.91 Å². The minimum atomic E-state index is -0.674. The van der Waals surface area contributed by atoms with Crippen molar-refractivity contribution >= 4 is 11.8 Å². The maximum atomic E-state index is 12.7. The minimum Gasteiger partial charge on any atom is -0.467 e. The summed E-state index contributed by atoms with van der Waals surface area (Å²) in [5, 5.41) is 6.22. The van der Waals surface area contributed by atoms with E-state index in [4.69, 9.17) is 4.74 Å². The van der Waals surface area contributed by atoms with Crippen LogP contribution in [-0.2, 0) is 4.79 Å². The van der Waals surface area contributed by atoms with Gasteiger partial charge in [-0.2, -0.15) is 0 Å². The van der Waals surface area contributed by atoms with Crippen LogP contribution in [0.3, 0.4) is 0 Å². The Labute approximate surface area is 148 Å². The number of benzene rings is 1. The molecule has 0 unspecified atom stereocenters. The molecule has 3 aliphatic carbocycles. The quantitative estimate of drug-likeness (QED) is 0.868. The van der Waals surface area contributed by atoms with Gasteiger partial charge in [-0.05, 0) is 50.7 Å². The zero-order chi connectivity index (χ0) is 17.8. The molecule has 134 valence electrons. The van der Waals surface area contributed by atoms with Crippen LogP contribution in [0.4, 0.5) is 0 Å². The average molecular weight is 342 g/mol. The van der Waals surface area contributed by atoms with Crippen molar-refractivity contribution < 1.29 is 14.3 Å². The molecule has 1 aromatic rings. The van der Waals surface area contributed by atoms with Crippen LogP contribution in [0.15, 0.2) is 24.3 Å². The third kappa shape index (κ3) is 2.52. The van der Waals surface area contributed by atoms with Crippen LogP contribution in [0.5, 0.6) is 5.75 Å². The smallest absolute Gasteiger partial charge is 0.258 e. The molecule has 1 aliphatic heterocycles. The van der Waals surface area contributed by atoms with Gasteiger partial charge < -0.3 is 15.4 Å². The lowest BCUT2D eigenvalue weighted by molar-refractivity contribution is -0.167. The predicted octanol–water partition coefficient (Wildman–Crippen LogP) is 2.86. The van der Waals surface area contributed by atoms with Gasteiger partial charge in [-0.25, -0.2) is 0 Å². The molecule has 3 saturated carbocycles. The van der Waals surface area contributed by atoms with Crippen LogP contribution in [0.25, 0.3) is 0 Å². The van der Waals surface area contributed by atoms with Crippen molar-refractivity contribution in [1.82, 2.24) is 10.6 Å². The summed E-state index contributed by atoms with van der Waals surface area (Å²) in [4.78, 5) is 25.3. The minimum absolute atomic E-state index is 0.0167. The van der Waals surface area contributed by atoms with Crippen molar-refractivity contribution in [2.45, 2.75) is 58.2 Å². The summed E-state index contributed by atoms with van der Waals surface area (Å²) in [7, 11) is 0. The first-order chi connectivity index (χ1) is 11.8. The van der Waals surface area contributed by atoms with Crippen molar-refractivity contribution in [2.24, 2.45) is 17.3 Å². The number of hydrogen-bond acceptors (Lipinski definition) is 3. The highest BCUT2D eigenvalue weighted by Gasteiger charge is 2.61. The molecule has 0 aromatic heterocycles. The lowest BCUT2D eigenvalue weighted by Crippen LogP contribution is -2.69. The van der Waals surface area contributed by atoms with Crippen molar-refractivity contribution in [3.8, 4) is 5.75 Å². The number of rotatable bonds is 2. The zero-order valence-corrected chi connectivity index (χ0v) is 15.1. The summed E-state index contributed by atoms with van der Waals surface area (Å²) in [6.07, 6.45) is 3.42. The van der Waals surface area contributed by atoms with E-state index in [0.717, 1.165) is 19.3 Å². The summed E-state index contributed by atoms with van der Waals surface area (Å²) >= 11 is 0. The molecular weight excluding hydrogens is 316 g/mol. The summed E-state index contributed by atoms with van der Waals surface area (Å²) in [5.41, 5.74) is -0.241. The van der Waals surface area contributed by atoms with Crippen molar-refractivity contribution in [3.05, 3.63) is 29.8 Å². The summed E-state index contributed by atoms with van der Waals surface area (Å²) < 4.78 is 6.38. The average Bonchev–Trinajstić information content (AvgIpc) is 2.53. The molecule has 1 heterocycles. The Morgan fingerprint density at radius 2 is 2.12 bits per heavy atom. The monoisotopic (exact) mass is 342 g/mol. The first kappa shape index (κ1) is 16.4. The fraction of sp³-hybridized carbons (Fsp3) is 0.600. The highest BCUT2D eigenvalue weighted by molar-refractivity contribution is 5.98. The Morgan fingerprint density at radius 3 is 2.84 bits per heavy atom. The molecule has 2 N–H and O–H groups in total. The Kier molecular flexibility index (Phi) is 3.60. The van der Waals surface area contributed by atoms with Gasteiger partial charge in [0.1, 0.15) is 5.75 Å². The fourth-order valence-corrected chi connectivity index (χ4v) is 5.04. The highest BCUT2D eigenvalue weighted by Crippen LogP contribution is 2.58. The van der Waals surface area contributed by atoms with Crippen LogP contribution in [0.2, 0.25) is 0 Å². The molecule has 1 aromatic carbocycles. The van der Waals surface area contributed by atoms with Gasteiger partial charge >= 0.3 is 0 Å². The fourth-order valence-electron chi connectivity index (χ4n) is 5.04. The number of hydrogen-bond donors (Lipinski definition) is 2. The van der Waals surface area contributed by atoms with Crippen molar-refractivity contribution in [3.63, 3.8) is 0 Å². The van der Waals surface area contributed by atoms with Crippen LogP contribution >= 0.6 is 0 Å². The van der Waals surface area contributed by atoms with E-state index >= 15 is 0 Å². The lowest BCUT2D eigenvalue weighted by Gasteiger charge is -2.59. The number of fused-ring (bicyclic) bond motifs is 3. The van der Waals surface area contributed by atoms with E-state index in [0.29, 0.717) is 17.7 Å². The SMILES string of the molecule is CC(C)NC(=O)[C@@H]1C[C@@H]2CC[C@]1(C)C[C@@]21NC(=O)c2ccccc2O1. The zero-order valence-electron chi connectivity index (χ0n) is 15.1. The molecule has 0 radical (unpaired) electrons. The van der Waals surface area contributed by atoms with E-state index < -0.39 is 5.72 Å². The van der Waals surface area contributed by atoms with E-state index in [1.54, 1.807) is 6.07 Å². The largest absolute Gasteiger partial charge is 0.467 e. The van der Waals surface area contributed by atoms with Gasteiger partial charge in [0, 0.05) is 24.3 Å². The molecule has 1 spiro atoms. The maximum Gasteiger partial charge on any atom is 0.258 e. The van der Waals surface area contributed by atoms with E-state index in [2.05, 4.69) is 17.6 Å². The van der Waals surface area contributed by atoms with E-state index in [1.807, 2.05) is 32.0 Å². The van der Waals surface area contributed by atoms with Crippen LogP contribution in [0, 0.1) is 17.3 Å². The third-order valence-electron chi connectivity index (χ3n) is 6.25. The summed E-state index contributed by atoms with van der Waals surface area (Å²) in [5.74, 6) is 0.873. The van der Waals surface area contributed by atoms with Gasteiger partial charge in [-0.15, -0.1) is 0 Å². The Balaban J connectivity index is 1.64. The lowest BCUT2D eigenvalue weighted by atomic mass is 9.52. The molecule has 5 rings (SSSR count). The summed E-state index contributed by atoms with van der Waals surface area (Å²) in [6.45, 7) is 6.15. The van der Waals surface area contributed by atoms with E-state index in [9.17, 15) is 9.59 Å². The molecular formula is C20H26N2O3. The number of carbonyl (C=O) groups is 2. The highest BCUT2D eigenvalue weighted by atomic mass is 16.5. The van der Waals surface area contributed by atoms with Crippen LogP contribution in [0.1, 0.15) is 56.8 Å². The Bertz CT molecular complexity index is 731. The van der Waals surface area contributed by atoms with Gasteiger partial charge in [0.05, 0.1) is 5.56 Å². The second kappa shape index (κ2) is 5.48. The van der Waals surface area contributed by atoms with Crippen molar-refractivity contribution in [2.75, 3.05) is 0 Å². The molecule has 4 aliphatic rings. The van der Waals surface area contributed by atoms with Crippen LogP contribution < -0.4 is 15.4 Å². The normalized spacial score (nSPS) is 35.9. The van der Waals surface area contributed by atoms with Gasteiger partial charge in [0.15, 0.2) is 5.72 Å². The number of carbonyl (C=O) groups excluding carboxylic acids is 2. The van der Waals surface area contributed by atoms with Gasteiger partial charge in [0.25, 0.3) is 5.91 Å². The number of para-hydroxylation sites is 1. The second-order valence-electron chi connectivity index (χ2n) is 8.46. The topological polar surface area (TPSA) is 67.4 Å². The van der Waals surface area contributed by atoms with Gasteiger partial charge in [-0.3, -0.25) is 9.59 Å². The molecule has 3 fully saturated rings. The summed E-state index contributed by atoms with van der Waals surface area (Å²) in [6, 6.07) is 7.54. The third-order valence-corrected chi connectivity index (χ3v) is 6.25. The molecule has 0 saturated heterocycles. The molecule has 5 heteroatoms. The number of ether oxygens (including phenoxy) is 1. The molecule has 2 amide bonds. The van der Waals surface area contributed by atoms with Crippen molar-refractivity contribution in [1.29, 1.82) is 0 Å². The number of nitrogens with one attached hydrogen (secondary N) is 2. The van der Waals surface area contributed by atoms with Gasteiger partial charge in [-0.1, -0.05) is 19.1 Å². The molecule has 25 heavy (non-hydrogen) atoms.